The summed E-state index contributed by atoms with van der Waals surface area (Å²) in [4.78, 5) is 26.5. The standard InChI is InChI=1S/C14H12ClNO4S/c1-8(15)20-14(18)16-10-4-2-3-5-11(10)21-12(16)9-6-7-19-13(9)17/h2-9,12H,1H3. The fourth-order valence-corrected chi connectivity index (χ4v) is 3.70. The molecule has 0 spiro atoms. The van der Waals surface area contributed by atoms with Gasteiger partial charge in [0.25, 0.3) is 0 Å². The Morgan fingerprint density at radius 2 is 2.24 bits per heavy atom. The molecule has 0 saturated heterocycles. The molecule has 3 unspecified atom stereocenters. The van der Waals surface area contributed by atoms with Crippen molar-refractivity contribution in [2.45, 2.75) is 22.8 Å². The Morgan fingerprint density at radius 1 is 1.48 bits per heavy atom. The Hall–Kier alpha value is -1.66. The summed E-state index contributed by atoms with van der Waals surface area (Å²) in [7, 11) is 0. The van der Waals surface area contributed by atoms with E-state index < -0.39 is 22.9 Å². The number of ether oxygens (including phenoxy) is 2. The topological polar surface area (TPSA) is 55.8 Å². The zero-order valence-corrected chi connectivity index (χ0v) is 12.6. The highest BCUT2D eigenvalue weighted by atomic mass is 35.5. The first-order valence-corrected chi connectivity index (χ1v) is 7.66. The van der Waals surface area contributed by atoms with Crippen LogP contribution in [-0.2, 0) is 14.3 Å². The van der Waals surface area contributed by atoms with Crippen molar-refractivity contribution >= 4 is 41.1 Å². The van der Waals surface area contributed by atoms with Crippen molar-refractivity contribution in [2.24, 2.45) is 5.92 Å². The highest BCUT2D eigenvalue weighted by Crippen LogP contribution is 2.47. The van der Waals surface area contributed by atoms with Gasteiger partial charge in [0, 0.05) is 4.90 Å². The van der Waals surface area contributed by atoms with E-state index in [1.54, 1.807) is 13.0 Å². The fraction of sp³-hybridized carbons (Fsp3) is 0.286. The number of halogens is 1. The fourth-order valence-electron chi connectivity index (χ4n) is 2.27. The molecule has 0 radical (unpaired) electrons. The summed E-state index contributed by atoms with van der Waals surface area (Å²) in [6, 6.07) is 7.42. The molecule has 0 N–H and O–H groups in total. The number of alkyl halides is 1. The van der Waals surface area contributed by atoms with Crippen molar-refractivity contribution in [1.82, 2.24) is 0 Å². The van der Waals surface area contributed by atoms with Gasteiger partial charge in [-0.15, -0.1) is 0 Å². The molecular formula is C14H12ClNO4S. The maximum absolute atomic E-state index is 12.3. The van der Waals surface area contributed by atoms with Crippen LogP contribution in [0.2, 0.25) is 0 Å². The van der Waals surface area contributed by atoms with E-state index in [1.807, 2.05) is 24.3 Å². The second-order valence-electron chi connectivity index (χ2n) is 4.56. The molecule has 1 aromatic rings. The number of anilines is 1. The molecule has 2 heterocycles. The van der Waals surface area contributed by atoms with Gasteiger partial charge < -0.3 is 9.47 Å². The van der Waals surface area contributed by atoms with Crippen LogP contribution in [0.3, 0.4) is 0 Å². The second-order valence-corrected chi connectivity index (χ2v) is 6.34. The van der Waals surface area contributed by atoms with Gasteiger partial charge in [-0.25, -0.2) is 4.79 Å². The average Bonchev–Trinajstić information content (AvgIpc) is 3.00. The van der Waals surface area contributed by atoms with Crippen LogP contribution in [-0.4, -0.2) is 23.0 Å². The van der Waals surface area contributed by atoms with E-state index in [0.29, 0.717) is 5.69 Å². The van der Waals surface area contributed by atoms with Gasteiger partial charge in [0.05, 0.1) is 11.9 Å². The molecular weight excluding hydrogens is 314 g/mol. The van der Waals surface area contributed by atoms with Crippen LogP contribution in [0.5, 0.6) is 0 Å². The summed E-state index contributed by atoms with van der Waals surface area (Å²) in [6.07, 6.45) is 2.42. The van der Waals surface area contributed by atoms with Crippen LogP contribution in [0, 0.1) is 5.92 Å². The molecule has 1 aromatic carbocycles. The first-order chi connectivity index (χ1) is 10.1. The highest BCUT2D eigenvalue weighted by Gasteiger charge is 2.44. The molecule has 0 saturated carbocycles. The van der Waals surface area contributed by atoms with Gasteiger partial charge in [-0.1, -0.05) is 35.5 Å². The molecule has 2 aliphatic heterocycles. The Morgan fingerprint density at radius 3 is 2.90 bits per heavy atom. The smallest absolute Gasteiger partial charge is 0.416 e. The Bertz CT molecular complexity index is 619. The number of nitrogens with zero attached hydrogens (tertiary/aromatic N) is 1. The molecule has 21 heavy (non-hydrogen) atoms. The number of amides is 1. The number of hydrogen-bond donors (Lipinski definition) is 0. The van der Waals surface area contributed by atoms with Crippen molar-refractivity contribution in [1.29, 1.82) is 0 Å². The lowest BCUT2D eigenvalue weighted by Gasteiger charge is -2.26. The van der Waals surface area contributed by atoms with Crippen LogP contribution in [0.4, 0.5) is 10.5 Å². The minimum atomic E-state index is -0.748. The van der Waals surface area contributed by atoms with Crippen LogP contribution in [0.1, 0.15) is 6.92 Å². The third-order valence-corrected chi connectivity index (χ3v) is 4.57. The second kappa shape index (κ2) is 5.61. The molecule has 0 aliphatic carbocycles. The quantitative estimate of drug-likeness (QED) is 0.616. The van der Waals surface area contributed by atoms with Crippen molar-refractivity contribution in [2.75, 3.05) is 4.90 Å². The van der Waals surface area contributed by atoms with E-state index in [2.05, 4.69) is 0 Å². The highest BCUT2D eigenvalue weighted by molar-refractivity contribution is 8.00. The third-order valence-electron chi connectivity index (χ3n) is 3.14. The lowest BCUT2D eigenvalue weighted by atomic mass is 10.1. The number of para-hydroxylation sites is 1. The number of cyclic esters (lactones) is 1. The summed E-state index contributed by atoms with van der Waals surface area (Å²) in [5.74, 6) is -0.905. The monoisotopic (exact) mass is 325 g/mol. The van der Waals surface area contributed by atoms with E-state index in [0.717, 1.165) is 4.90 Å². The van der Waals surface area contributed by atoms with Gasteiger partial charge in [-0.3, -0.25) is 9.69 Å². The predicted octanol–water partition coefficient (Wildman–Crippen LogP) is 3.33. The number of hydrogen-bond acceptors (Lipinski definition) is 5. The lowest BCUT2D eigenvalue weighted by molar-refractivity contribution is -0.138. The van der Waals surface area contributed by atoms with E-state index in [1.165, 1.54) is 22.9 Å². The largest absolute Gasteiger partial charge is 0.434 e. The van der Waals surface area contributed by atoms with E-state index in [9.17, 15) is 9.59 Å². The third kappa shape index (κ3) is 2.61. The Kier molecular flexibility index (Phi) is 3.82. The summed E-state index contributed by atoms with van der Waals surface area (Å²) in [6.45, 7) is 1.56. The minimum absolute atomic E-state index is 0.378. The number of esters is 1. The minimum Gasteiger partial charge on any atom is -0.434 e. The number of carbonyl (C=O) groups excluding carboxylic acids is 2. The van der Waals surface area contributed by atoms with Gasteiger partial charge in [0.1, 0.15) is 11.3 Å². The molecule has 110 valence electrons. The Balaban J connectivity index is 1.95. The SMILES string of the molecule is CC(Cl)OC(=O)N1c2ccccc2SC1C1C=COC1=O. The van der Waals surface area contributed by atoms with Crippen LogP contribution in [0.15, 0.2) is 41.5 Å². The predicted molar refractivity (Wildman–Crippen MR) is 79.1 cm³/mol. The average molecular weight is 326 g/mol. The van der Waals surface area contributed by atoms with Crippen molar-refractivity contribution < 1.29 is 19.1 Å². The van der Waals surface area contributed by atoms with Gasteiger partial charge >= 0.3 is 12.1 Å². The van der Waals surface area contributed by atoms with Gasteiger partial charge in [-0.2, -0.15) is 0 Å². The van der Waals surface area contributed by atoms with Crippen LogP contribution >= 0.6 is 23.4 Å². The van der Waals surface area contributed by atoms with E-state index in [4.69, 9.17) is 21.1 Å². The van der Waals surface area contributed by atoms with Crippen molar-refractivity contribution in [3.8, 4) is 0 Å². The zero-order valence-electron chi connectivity index (χ0n) is 11.1. The van der Waals surface area contributed by atoms with E-state index in [-0.39, 0.29) is 5.97 Å². The van der Waals surface area contributed by atoms with E-state index >= 15 is 0 Å². The molecule has 0 fully saturated rings. The number of rotatable bonds is 2. The first-order valence-electron chi connectivity index (χ1n) is 6.34. The van der Waals surface area contributed by atoms with Gasteiger partial charge in [-0.05, 0) is 25.1 Å². The van der Waals surface area contributed by atoms with Gasteiger partial charge in [0.15, 0.2) is 5.56 Å². The van der Waals surface area contributed by atoms with Crippen molar-refractivity contribution in [3.63, 3.8) is 0 Å². The number of fused-ring (bicyclic) bond motifs is 1. The maximum atomic E-state index is 12.3. The summed E-state index contributed by atoms with van der Waals surface area (Å²) < 4.78 is 9.93. The molecule has 3 atom stereocenters. The molecule has 2 aliphatic rings. The number of benzene rings is 1. The molecule has 7 heteroatoms. The molecule has 1 amide bonds. The molecule has 5 nitrogen and oxygen atoms in total. The Labute approximate surface area is 130 Å². The summed E-state index contributed by atoms with van der Waals surface area (Å²) >= 11 is 7.16. The molecule has 0 aromatic heterocycles. The summed E-state index contributed by atoms with van der Waals surface area (Å²) in [5.41, 5.74) is -0.0371. The summed E-state index contributed by atoms with van der Waals surface area (Å²) in [5, 5.41) is -0.434. The number of thioether (sulfide) groups is 1. The normalized spacial score (nSPS) is 24.7. The molecule has 3 rings (SSSR count). The maximum Gasteiger partial charge on any atom is 0.416 e. The lowest BCUT2D eigenvalue weighted by Crippen LogP contribution is -2.42. The zero-order chi connectivity index (χ0) is 15.0. The van der Waals surface area contributed by atoms with Gasteiger partial charge in [0.2, 0.25) is 0 Å². The van der Waals surface area contributed by atoms with Crippen molar-refractivity contribution in [3.05, 3.63) is 36.6 Å². The first kappa shape index (κ1) is 14.3. The molecule has 0 bridgehead atoms. The number of carbonyl (C=O) groups is 2. The van der Waals surface area contributed by atoms with Crippen LogP contribution in [0.25, 0.3) is 0 Å². The van der Waals surface area contributed by atoms with Crippen LogP contribution < -0.4 is 4.90 Å².